The van der Waals surface area contributed by atoms with Gasteiger partial charge in [0, 0.05) is 24.4 Å². The van der Waals surface area contributed by atoms with Crippen molar-refractivity contribution in [1.82, 2.24) is 9.97 Å². The molecule has 0 aliphatic carbocycles. The normalized spacial score (nSPS) is 26.7. The number of aliphatic hydroxyl groups is 1. The molecule has 0 unspecified atom stereocenters. The first-order chi connectivity index (χ1) is 10.3. The Balaban J connectivity index is 1.75. The van der Waals surface area contributed by atoms with E-state index in [0.29, 0.717) is 5.95 Å². The third-order valence-corrected chi connectivity index (χ3v) is 5.03. The van der Waals surface area contributed by atoms with Crippen LogP contribution in [-0.2, 0) is 9.31 Å². The Labute approximate surface area is 132 Å². The van der Waals surface area contributed by atoms with Gasteiger partial charge in [-0.3, -0.25) is 0 Å². The topological polar surface area (TPSA) is 67.7 Å². The fourth-order valence-corrected chi connectivity index (χ4v) is 2.87. The van der Waals surface area contributed by atoms with E-state index >= 15 is 0 Å². The molecule has 0 amide bonds. The number of hydrogen-bond acceptors (Lipinski definition) is 6. The Hall–Kier alpha value is -1.18. The molecule has 22 heavy (non-hydrogen) atoms. The molecular weight excluding hydrogens is 281 g/mol. The molecule has 2 fully saturated rings. The molecule has 0 aromatic carbocycles. The lowest BCUT2D eigenvalue weighted by molar-refractivity contribution is 0.00578. The van der Waals surface area contributed by atoms with Crippen LogP contribution in [0.4, 0.5) is 5.95 Å². The Bertz CT molecular complexity index is 519. The lowest BCUT2D eigenvalue weighted by Gasteiger charge is -2.32. The number of anilines is 1. The number of aliphatic hydroxyl groups excluding tert-OH is 1. The highest BCUT2D eigenvalue weighted by molar-refractivity contribution is 6.61. The van der Waals surface area contributed by atoms with Crippen LogP contribution in [0, 0.1) is 0 Å². The van der Waals surface area contributed by atoms with E-state index in [1.54, 1.807) is 12.4 Å². The summed E-state index contributed by atoms with van der Waals surface area (Å²) < 4.78 is 12.0. The summed E-state index contributed by atoms with van der Waals surface area (Å²) >= 11 is 0. The Morgan fingerprint density at radius 3 is 2.36 bits per heavy atom. The van der Waals surface area contributed by atoms with Gasteiger partial charge in [-0.05, 0) is 40.5 Å². The van der Waals surface area contributed by atoms with Crippen molar-refractivity contribution in [2.45, 2.75) is 57.8 Å². The zero-order valence-corrected chi connectivity index (χ0v) is 13.7. The SMILES string of the molecule is CC1(C)OB(c2cnc(N3CCC[C@@H]3CO)nc2)OC1(C)C. The Morgan fingerprint density at radius 2 is 1.82 bits per heavy atom. The fourth-order valence-electron chi connectivity index (χ4n) is 2.87. The second-order valence-corrected chi connectivity index (χ2v) is 7.08. The minimum absolute atomic E-state index is 0.127. The monoisotopic (exact) mass is 305 g/mol. The maximum atomic E-state index is 9.40. The molecule has 3 rings (SSSR count). The molecule has 1 atom stereocenters. The van der Waals surface area contributed by atoms with Gasteiger partial charge in [-0.1, -0.05) is 0 Å². The lowest BCUT2D eigenvalue weighted by atomic mass is 9.81. The van der Waals surface area contributed by atoms with Gasteiger partial charge in [0.25, 0.3) is 0 Å². The average molecular weight is 305 g/mol. The largest absolute Gasteiger partial charge is 0.498 e. The summed E-state index contributed by atoms with van der Waals surface area (Å²) in [5.41, 5.74) is 0.0859. The van der Waals surface area contributed by atoms with Crippen molar-refractivity contribution >= 4 is 18.5 Å². The number of rotatable bonds is 3. The fraction of sp³-hybridized carbons (Fsp3) is 0.733. The van der Waals surface area contributed by atoms with Crippen LogP contribution >= 0.6 is 0 Å². The van der Waals surface area contributed by atoms with Crippen LogP contribution in [0.2, 0.25) is 0 Å². The van der Waals surface area contributed by atoms with Gasteiger partial charge in [0.05, 0.1) is 23.9 Å². The summed E-state index contributed by atoms with van der Waals surface area (Å²) in [5, 5.41) is 9.40. The molecule has 0 spiro atoms. The van der Waals surface area contributed by atoms with Gasteiger partial charge in [-0.25, -0.2) is 9.97 Å². The van der Waals surface area contributed by atoms with Crippen molar-refractivity contribution < 1.29 is 14.4 Å². The number of nitrogens with zero attached hydrogens (tertiary/aromatic N) is 3. The molecule has 6 nitrogen and oxygen atoms in total. The number of hydrogen-bond donors (Lipinski definition) is 1. The van der Waals surface area contributed by atoms with E-state index in [1.165, 1.54) is 0 Å². The van der Waals surface area contributed by atoms with E-state index in [9.17, 15) is 5.11 Å². The summed E-state index contributed by atoms with van der Waals surface area (Å²) in [4.78, 5) is 10.9. The van der Waals surface area contributed by atoms with E-state index in [1.807, 2.05) is 27.7 Å². The van der Waals surface area contributed by atoms with E-state index in [0.717, 1.165) is 24.8 Å². The molecule has 0 saturated carbocycles. The first kappa shape index (κ1) is 15.7. The standard InChI is InChI=1S/C15H24BN3O3/c1-14(2)15(3,4)22-16(21-14)11-8-17-13(18-9-11)19-7-5-6-12(19)10-20/h8-9,12,20H,5-7,10H2,1-4H3/t12-/m1/s1. The predicted molar refractivity (Wildman–Crippen MR) is 85.2 cm³/mol. The van der Waals surface area contributed by atoms with Gasteiger partial charge in [0.15, 0.2) is 0 Å². The van der Waals surface area contributed by atoms with E-state index in [2.05, 4.69) is 14.9 Å². The molecule has 3 heterocycles. The first-order valence-electron chi connectivity index (χ1n) is 7.89. The molecule has 1 N–H and O–H groups in total. The molecule has 2 saturated heterocycles. The number of aromatic nitrogens is 2. The van der Waals surface area contributed by atoms with Crippen molar-refractivity contribution in [2.24, 2.45) is 0 Å². The molecule has 2 aliphatic rings. The molecular formula is C15H24BN3O3. The Kier molecular flexibility index (Phi) is 3.91. The maximum Gasteiger partial charge on any atom is 0.498 e. The maximum absolute atomic E-state index is 9.40. The molecule has 0 bridgehead atoms. The van der Waals surface area contributed by atoms with Crippen LogP contribution in [0.25, 0.3) is 0 Å². The van der Waals surface area contributed by atoms with Gasteiger partial charge in [0.2, 0.25) is 5.95 Å². The van der Waals surface area contributed by atoms with Crippen LogP contribution in [-0.4, -0.2) is 52.6 Å². The summed E-state index contributed by atoms with van der Waals surface area (Å²) in [6, 6.07) is 0.127. The summed E-state index contributed by atoms with van der Waals surface area (Å²) in [5.74, 6) is 0.664. The zero-order chi connectivity index (χ0) is 16.0. The lowest BCUT2D eigenvalue weighted by Crippen LogP contribution is -2.41. The van der Waals surface area contributed by atoms with Gasteiger partial charge >= 0.3 is 7.12 Å². The van der Waals surface area contributed by atoms with Crippen molar-refractivity contribution in [1.29, 1.82) is 0 Å². The van der Waals surface area contributed by atoms with Gasteiger partial charge < -0.3 is 19.3 Å². The molecule has 0 radical (unpaired) electrons. The van der Waals surface area contributed by atoms with Crippen molar-refractivity contribution in [3.8, 4) is 0 Å². The second-order valence-electron chi connectivity index (χ2n) is 7.08. The van der Waals surface area contributed by atoms with Crippen LogP contribution in [0.5, 0.6) is 0 Å². The third kappa shape index (κ3) is 2.62. The minimum atomic E-state index is -0.439. The summed E-state index contributed by atoms with van der Waals surface area (Å²) in [7, 11) is -0.439. The smallest absolute Gasteiger partial charge is 0.399 e. The summed E-state index contributed by atoms with van der Waals surface area (Å²) in [6.07, 6.45) is 5.57. The molecule has 1 aromatic heterocycles. The third-order valence-electron chi connectivity index (χ3n) is 5.03. The highest BCUT2D eigenvalue weighted by atomic mass is 16.7. The molecule has 2 aliphatic heterocycles. The van der Waals surface area contributed by atoms with Crippen molar-refractivity contribution in [3.05, 3.63) is 12.4 Å². The molecule has 1 aromatic rings. The van der Waals surface area contributed by atoms with Crippen molar-refractivity contribution in [3.63, 3.8) is 0 Å². The quantitative estimate of drug-likeness (QED) is 0.831. The first-order valence-corrected chi connectivity index (χ1v) is 7.89. The van der Waals surface area contributed by atoms with Crippen LogP contribution in [0.3, 0.4) is 0 Å². The predicted octanol–water partition coefficient (Wildman–Crippen LogP) is 0.737. The highest BCUT2D eigenvalue weighted by Gasteiger charge is 2.52. The van der Waals surface area contributed by atoms with E-state index in [-0.39, 0.29) is 23.9 Å². The van der Waals surface area contributed by atoms with Gasteiger partial charge in [-0.2, -0.15) is 0 Å². The van der Waals surface area contributed by atoms with E-state index in [4.69, 9.17) is 9.31 Å². The molecule has 7 heteroatoms. The van der Waals surface area contributed by atoms with Gasteiger partial charge in [0.1, 0.15) is 0 Å². The van der Waals surface area contributed by atoms with Gasteiger partial charge in [-0.15, -0.1) is 0 Å². The van der Waals surface area contributed by atoms with Crippen LogP contribution in [0.1, 0.15) is 40.5 Å². The average Bonchev–Trinajstić information content (AvgIpc) is 3.02. The summed E-state index contributed by atoms with van der Waals surface area (Å²) in [6.45, 7) is 9.14. The van der Waals surface area contributed by atoms with E-state index < -0.39 is 7.12 Å². The molecule has 120 valence electrons. The van der Waals surface area contributed by atoms with Crippen LogP contribution < -0.4 is 10.4 Å². The minimum Gasteiger partial charge on any atom is -0.399 e. The zero-order valence-electron chi connectivity index (χ0n) is 13.7. The Morgan fingerprint density at radius 1 is 1.23 bits per heavy atom. The second kappa shape index (κ2) is 5.47. The van der Waals surface area contributed by atoms with Crippen LogP contribution in [0.15, 0.2) is 12.4 Å². The van der Waals surface area contributed by atoms with Crippen molar-refractivity contribution in [2.75, 3.05) is 18.1 Å². The highest BCUT2D eigenvalue weighted by Crippen LogP contribution is 2.36.